The molecule has 0 aromatic rings. The second-order valence-electron chi connectivity index (χ2n) is 7.15. The highest BCUT2D eigenvalue weighted by molar-refractivity contribution is 5.76. The predicted octanol–water partition coefficient (Wildman–Crippen LogP) is 3.89. The molecule has 2 rings (SSSR count). The van der Waals surface area contributed by atoms with Crippen LogP contribution in [0.25, 0.3) is 0 Å². The van der Waals surface area contributed by atoms with E-state index in [1.165, 1.54) is 38.5 Å². The Kier molecular flexibility index (Phi) is 6.53. The molecule has 2 aliphatic rings. The van der Waals surface area contributed by atoms with Crippen molar-refractivity contribution in [3.63, 3.8) is 0 Å². The van der Waals surface area contributed by atoms with Gasteiger partial charge in [-0.25, -0.2) is 0 Å². The standard InChI is InChI=1S/C18H33NO2/c1-2-3-4-5-6-7-11-17(20)19-14-13-18(21)12-9-8-10-16(18)15-19/h16,21H,2-15H2,1H3. The number of likely N-dealkylation sites (tertiary alicyclic amines) is 1. The molecule has 1 N–H and O–H groups in total. The molecule has 0 aromatic carbocycles. The number of fused-ring (bicyclic) bond motifs is 1. The average Bonchev–Trinajstić information content (AvgIpc) is 2.49. The number of hydrogen-bond acceptors (Lipinski definition) is 2. The van der Waals surface area contributed by atoms with Crippen molar-refractivity contribution in [2.24, 2.45) is 5.92 Å². The van der Waals surface area contributed by atoms with E-state index in [4.69, 9.17) is 0 Å². The van der Waals surface area contributed by atoms with E-state index in [-0.39, 0.29) is 0 Å². The van der Waals surface area contributed by atoms with Gasteiger partial charge in [0, 0.05) is 25.4 Å². The van der Waals surface area contributed by atoms with E-state index in [1.807, 2.05) is 4.90 Å². The summed E-state index contributed by atoms with van der Waals surface area (Å²) in [5.41, 5.74) is -0.463. The summed E-state index contributed by atoms with van der Waals surface area (Å²) in [7, 11) is 0. The Morgan fingerprint density at radius 1 is 1.14 bits per heavy atom. The van der Waals surface area contributed by atoms with Gasteiger partial charge in [-0.3, -0.25) is 4.79 Å². The van der Waals surface area contributed by atoms with Gasteiger partial charge in [0.25, 0.3) is 0 Å². The molecule has 1 saturated heterocycles. The van der Waals surface area contributed by atoms with E-state index in [1.54, 1.807) is 0 Å². The van der Waals surface area contributed by atoms with Crippen LogP contribution in [0.4, 0.5) is 0 Å². The van der Waals surface area contributed by atoms with E-state index in [9.17, 15) is 9.90 Å². The third-order valence-corrected chi connectivity index (χ3v) is 5.52. The SMILES string of the molecule is CCCCCCCCC(=O)N1CCC2(O)CCCCC2C1. The second-order valence-corrected chi connectivity index (χ2v) is 7.15. The largest absolute Gasteiger partial charge is 0.389 e. The van der Waals surface area contributed by atoms with Crippen LogP contribution in [0.5, 0.6) is 0 Å². The second kappa shape index (κ2) is 8.17. The maximum atomic E-state index is 12.3. The monoisotopic (exact) mass is 295 g/mol. The first-order valence-corrected chi connectivity index (χ1v) is 9.16. The highest BCUT2D eigenvalue weighted by Crippen LogP contribution is 2.39. The fraction of sp³-hybridized carbons (Fsp3) is 0.944. The van der Waals surface area contributed by atoms with Gasteiger partial charge in [0.05, 0.1) is 5.60 Å². The van der Waals surface area contributed by atoms with Gasteiger partial charge in [-0.1, -0.05) is 51.9 Å². The quantitative estimate of drug-likeness (QED) is 0.724. The van der Waals surface area contributed by atoms with Crippen LogP contribution < -0.4 is 0 Å². The summed E-state index contributed by atoms with van der Waals surface area (Å²) in [6, 6.07) is 0. The van der Waals surface area contributed by atoms with Crippen molar-refractivity contribution in [2.75, 3.05) is 13.1 Å². The van der Waals surface area contributed by atoms with Crippen LogP contribution in [-0.2, 0) is 4.79 Å². The van der Waals surface area contributed by atoms with Crippen molar-refractivity contribution < 1.29 is 9.90 Å². The molecule has 21 heavy (non-hydrogen) atoms. The number of carbonyl (C=O) groups is 1. The lowest BCUT2D eigenvalue weighted by molar-refractivity contribution is -0.143. The van der Waals surface area contributed by atoms with Crippen molar-refractivity contribution in [2.45, 2.75) is 89.6 Å². The van der Waals surface area contributed by atoms with Crippen LogP contribution in [0.1, 0.15) is 84.0 Å². The fourth-order valence-electron chi connectivity index (χ4n) is 4.01. The van der Waals surface area contributed by atoms with Crippen LogP contribution in [0.15, 0.2) is 0 Å². The Labute approximate surface area is 130 Å². The molecule has 0 spiro atoms. The summed E-state index contributed by atoms with van der Waals surface area (Å²) in [5, 5.41) is 10.6. The number of hydrogen-bond donors (Lipinski definition) is 1. The van der Waals surface area contributed by atoms with E-state index in [2.05, 4.69) is 6.92 Å². The van der Waals surface area contributed by atoms with Gasteiger partial charge in [-0.05, 0) is 25.7 Å². The summed E-state index contributed by atoms with van der Waals surface area (Å²) in [6.07, 6.45) is 13.3. The third kappa shape index (κ3) is 4.70. The zero-order valence-electron chi connectivity index (χ0n) is 13.8. The van der Waals surface area contributed by atoms with Gasteiger partial charge in [-0.15, -0.1) is 0 Å². The predicted molar refractivity (Wildman–Crippen MR) is 86.1 cm³/mol. The molecule has 3 nitrogen and oxygen atoms in total. The Bertz CT molecular complexity index is 331. The van der Waals surface area contributed by atoms with Gasteiger partial charge in [0.2, 0.25) is 5.91 Å². The van der Waals surface area contributed by atoms with E-state index >= 15 is 0 Å². The molecule has 1 aliphatic carbocycles. The minimum atomic E-state index is -0.463. The van der Waals surface area contributed by atoms with Crippen LogP contribution in [-0.4, -0.2) is 34.6 Å². The van der Waals surface area contributed by atoms with Crippen molar-refractivity contribution >= 4 is 5.91 Å². The molecule has 1 heterocycles. The Balaban J connectivity index is 1.67. The zero-order valence-corrected chi connectivity index (χ0v) is 13.8. The maximum absolute atomic E-state index is 12.3. The van der Waals surface area contributed by atoms with Gasteiger partial charge < -0.3 is 10.0 Å². The Hall–Kier alpha value is -0.570. The van der Waals surface area contributed by atoms with Gasteiger partial charge in [0.15, 0.2) is 0 Å². The smallest absolute Gasteiger partial charge is 0.222 e. The summed E-state index contributed by atoms with van der Waals surface area (Å²) in [4.78, 5) is 14.3. The molecule has 0 radical (unpaired) electrons. The molecule has 2 unspecified atom stereocenters. The minimum Gasteiger partial charge on any atom is -0.389 e. The molecular weight excluding hydrogens is 262 g/mol. The number of nitrogens with zero attached hydrogens (tertiary/aromatic N) is 1. The Morgan fingerprint density at radius 2 is 1.90 bits per heavy atom. The minimum absolute atomic E-state index is 0.318. The molecule has 1 amide bonds. The van der Waals surface area contributed by atoms with Crippen molar-refractivity contribution in [1.29, 1.82) is 0 Å². The zero-order chi connectivity index (χ0) is 15.1. The molecule has 1 aliphatic heterocycles. The van der Waals surface area contributed by atoms with Crippen molar-refractivity contribution in [1.82, 2.24) is 4.90 Å². The first-order valence-electron chi connectivity index (χ1n) is 9.16. The number of rotatable bonds is 7. The van der Waals surface area contributed by atoms with Gasteiger partial charge >= 0.3 is 0 Å². The number of unbranched alkanes of at least 4 members (excludes halogenated alkanes) is 5. The summed E-state index contributed by atoms with van der Waals surface area (Å²) in [6.45, 7) is 3.79. The topological polar surface area (TPSA) is 40.5 Å². The summed E-state index contributed by atoms with van der Waals surface area (Å²) >= 11 is 0. The maximum Gasteiger partial charge on any atom is 0.222 e. The highest BCUT2D eigenvalue weighted by Gasteiger charge is 2.43. The van der Waals surface area contributed by atoms with E-state index in [0.717, 1.165) is 45.2 Å². The van der Waals surface area contributed by atoms with Crippen LogP contribution in [0.3, 0.4) is 0 Å². The Morgan fingerprint density at radius 3 is 2.71 bits per heavy atom. The summed E-state index contributed by atoms with van der Waals surface area (Å²) in [5.74, 6) is 0.645. The molecular formula is C18H33NO2. The van der Waals surface area contributed by atoms with E-state index in [0.29, 0.717) is 18.2 Å². The van der Waals surface area contributed by atoms with Gasteiger partial charge in [-0.2, -0.15) is 0 Å². The average molecular weight is 295 g/mol. The lowest BCUT2D eigenvalue weighted by Crippen LogP contribution is -2.54. The lowest BCUT2D eigenvalue weighted by atomic mass is 9.71. The summed E-state index contributed by atoms with van der Waals surface area (Å²) < 4.78 is 0. The van der Waals surface area contributed by atoms with Crippen molar-refractivity contribution in [3.8, 4) is 0 Å². The number of carbonyl (C=O) groups excluding carboxylic acids is 1. The molecule has 2 fully saturated rings. The number of aliphatic hydroxyl groups is 1. The van der Waals surface area contributed by atoms with Gasteiger partial charge in [0.1, 0.15) is 0 Å². The first kappa shape index (κ1) is 16.8. The third-order valence-electron chi connectivity index (χ3n) is 5.52. The number of piperidine rings is 1. The van der Waals surface area contributed by atoms with E-state index < -0.39 is 5.60 Å². The molecule has 0 bridgehead atoms. The number of amides is 1. The molecule has 2 atom stereocenters. The van der Waals surface area contributed by atoms with Crippen LogP contribution >= 0.6 is 0 Å². The first-order chi connectivity index (χ1) is 10.2. The van der Waals surface area contributed by atoms with Crippen molar-refractivity contribution in [3.05, 3.63) is 0 Å². The molecule has 0 aromatic heterocycles. The molecule has 1 saturated carbocycles. The van der Waals surface area contributed by atoms with Crippen LogP contribution in [0.2, 0.25) is 0 Å². The highest BCUT2D eigenvalue weighted by atomic mass is 16.3. The lowest BCUT2D eigenvalue weighted by Gasteiger charge is -2.47. The molecule has 3 heteroatoms. The van der Waals surface area contributed by atoms with Crippen LogP contribution in [0, 0.1) is 5.92 Å². The fourth-order valence-corrected chi connectivity index (χ4v) is 4.01. The normalized spacial score (nSPS) is 29.2. The molecule has 122 valence electrons.